The Bertz CT molecular complexity index is 873. The molecule has 1 N–H and O–H groups in total. The molecule has 10 heteroatoms. The minimum absolute atomic E-state index is 0.120. The molecule has 1 aromatic heterocycles. The van der Waals surface area contributed by atoms with Gasteiger partial charge >= 0.3 is 0 Å². The highest BCUT2D eigenvalue weighted by atomic mass is 35.5. The van der Waals surface area contributed by atoms with E-state index in [2.05, 4.69) is 20.4 Å². The van der Waals surface area contributed by atoms with E-state index in [1.54, 1.807) is 23.1 Å². The van der Waals surface area contributed by atoms with E-state index in [9.17, 15) is 9.59 Å². The molecule has 8 nitrogen and oxygen atoms in total. The van der Waals surface area contributed by atoms with Gasteiger partial charge in [0, 0.05) is 31.6 Å². The van der Waals surface area contributed by atoms with E-state index in [1.165, 1.54) is 18.4 Å². The molecule has 0 aliphatic carbocycles. The standard InChI is InChI=1S/C18H22ClN5O3S/c1-23(2)7-6-15-21-22-18(28-15)20-17(26)11-8-16(25)24(10-11)12-4-5-14(27-3)13(19)9-12/h4-5,9,11H,6-8,10H2,1-3H3,(H,20,22,26). The molecular formula is C18H22ClN5O3S. The van der Waals surface area contributed by atoms with Crippen LogP contribution < -0.4 is 15.0 Å². The van der Waals surface area contributed by atoms with Crippen molar-refractivity contribution in [1.82, 2.24) is 15.1 Å². The summed E-state index contributed by atoms with van der Waals surface area (Å²) in [6.07, 6.45) is 0.913. The number of anilines is 2. The molecule has 3 rings (SSSR count). The van der Waals surface area contributed by atoms with Gasteiger partial charge in [-0.25, -0.2) is 0 Å². The van der Waals surface area contributed by atoms with E-state index >= 15 is 0 Å². The van der Waals surface area contributed by atoms with Crippen molar-refractivity contribution in [3.63, 3.8) is 0 Å². The molecule has 0 bridgehead atoms. The van der Waals surface area contributed by atoms with Crippen molar-refractivity contribution < 1.29 is 14.3 Å². The van der Waals surface area contributed by atoms with Gasteiger partial charge in [0.25, 0.3) is 0 Å². The largest absolute Gasteiger partial charge is 0.495 e. The summed E-state index contributed by atoms with van der Waals surface area (Å²) in [7, 11) is 5.51. The van der Waals surface area contributed by atoms with Crippen LogP contribution in [0.2, 0.25) is 5.02 Å². The fourth-order valence-corrected chi connectivity index (χ4v) is 3.87. The first-order valence-electron chi connectivity index (χ1n) is 8.79. The molecule has 1 fully saturated rings. The first-order chi connectivity index (χ1) is 13.4. The van der Waals surface area contributed by atoms with Crippen LogP contribution in [-0.2, 0) is 16.0 Å². The Morgan fingerprint density at radius 3 is 2.89 bits per heavy atom. The Kier molecular flexibility index (Phi) is 6.48. The maximum absolute atomic E-state index is 12.6. The summed E-state index contributed by atoms with van der Waals surface area (Å²) in [4.78, 5) is 28.6. The quantitative estimate of drug-likeness (QED) is 0.735. The minimum atomic E-state index is -0.456. The van der Waals surface area contributed by atoms with Crippen LogP contribution in [0.4, 0.5) is 10.8 Å². The fourth-order valence-electron chi connectivity index (χ4n) is 2.89. The summed E-state index contributed by atoms with van der Waals surface area (Å²) in [6.45, 7) is 1.15. The van der Waals surface area contributed by atoms with Gasteiger partial charge in [0.15, 0.2) is 0 Å². The number of benzene rings is 1. The Morgan fingerprint density at radius 1 is 1.43 bits per heavy atom. The van der Waals surface area contributed by atoms with Gasteiger partial charge in [0.2, 0.25) is 16.9 Å². The van der Waals surface area contributed by atoms with Gasteiger partial charge in [-0.1, -0.05) is 22.9 Å². The number of likely N-dealkylation sites (N-methyl/N-ethyl adjacent to an activating group) is 1. The molecule has 2 heterocycles. The van der Waals surface area contributed by atoms with Crippen LogP contribution in [0.25, 0.3) is 0 Å². The first-order valence-corrected chi connectivity index (χ1v) is 9.98. The van der Waals surface area contributed by atoms with E-state index in [1.807, 2.05) is 14.1 Å². The van der Waals surface area contributed by atoms with E-state index < -0.39 is 5.92 Å². The van der Waals surface area contributed by atoms with Crippen molar-refractivity contribution in [2.75, 3.05) is 44.5 Å². The van der Waals surface area contributed by atoms with Gasteiger partial charge in [0.05, 0.1) is 18.1 Å². The van der Waals surface area contributed by atoms with Crippen molar-refractivity contribution in [2.24, 2.45) is 5.92 Å². The Balaban J connectivity index is 1.61. The van der Waals surface area contributed by atoms with E-state index in [4.69, 9.17) is 16.3 Å². The summed E-state index contributed by atoms with van der Waals surface area (Å²) >= 11 is 7.51. The number of ether oxygens (including phenoxy) is 1. The topological polar surface area (TPSA) is 87.7 Å². The SMILES string of the molecule is COc1ccc(N2CC(C(=O)Nc3nnc(CCN(C)C)s3)CC2=O)cc1Cl. The smallest absolute Gasteiger partial charge is 0.231 e. The fraction of sp³-hybridized carbons (Fsp3) is 0.444. The number of methoxy groups -OCH3 is 1. The van der Waals surface area contributed by atoms with Crippen LogP contribution in [-0.4, -0.2) is 61.2 Å². The van der Waals surface area contributed by atoms with E-state index in [-0.39, 0.29) is 18.2 Å². The zero-order chi connectivity index (χ0) is 20.3. The van der Waals surface area contributed by atoms with Crippen LogP contribution in [0.3, 0.4) is 0 Å². The van der Waals surface area contributed by atoms with Crippen LogP contribution in [0, 0.1) is 5.92 Å². The third-order valence-electron chi connectivity index (χ3n) is 4.41. The number of nitrogens with zero attached hydrogens (tertiary/aromatic N) is 4. The molecule has 0 spiro atoms. The molecule has 1 aliphatic heterocycles. The molecular weight excluding hydrogens is 402 g/mol. The molecule has 1 aliphatic rings. The second-order valence-corrected chi connectivity index (χ2v) is 8.24. The predicted octanol–water partition coefficient (Wildman–Crippen LogP) is 2.30. The van der Waals surface area contributed by atoms with Gasteiger partial charge < -0.3 is 19.9 Å². The predicted molar refractivity (Wildman–Crippen MR) is 109 cm³/mol. The lowest BCUT2D eigenvalue weighted by Gasteiger charge is -2.17. The van der Waals surface area contributed by atoms with Crippen LogP contribution >= 0.6 is 22.9 Å². The maximum atomic E-state index is 12.6. The summed E-state index contributed by atoms with van der Waals surface area (Å²) in [5.74, 6) is -0.272. The molecule has 2 aromatic rings. The molecule has 2 amide bonds. The Hall–Kier alpha value is -2.23. The second kappa shape index (κ2) is 8.85. The van der Waals surface area contributed by atoms with Crippen molar-refractivity contribution in [1.29, 1.82) is 0 Å². The molecule has 1 atom stereocenters. The van der Waals surface area contributed by atoms with Crippen molar-refractivity contribution in [3.8, 4) is 5.75 Å². The summed E-state index contributed by atoms with van der Waals surface area (Å²) in [5, 5.41) is 12.6. The van der Waals surface area contributed by atoms with Crippen molar-refractivity contribution >= 4 is 45.6 Å². The molecule has 150 valence electrons. The number of halogens is 1. The van der Waals surface area contributed by atoms with Crippen LogP contribution in [0.1, 0.15) is 11.4 Å². The molecule has 0 saturated carbocycles. The monoisotopic (exact) mass is 423 g/mol. The average molecular weight is 424 g/mol. The number of amides is 2. The lowest BCUT2D eigenvalue weighted by Crippen LogP contribution is -2.28. The molecule has 1 aromatic carbocycles. The third kappa shape index (κ3) is 4.78. The highest BCUT2D eigenvalue weighted by Gasteiger charge is 2.35. The van der Waals surface area contributed by atoms with Crippen molar-refractivity contribution in [2.45, 2.75) is 12.8 Å². The number of hydrogen-bond donors (Lipinski definition) is 1. The Morgan fingerprint density at radius 2 is 2.21 bits per heavy atom. The molecule has 0 radical (unpaired) electrons. The van der Waals surface area contributed by atoms with Crippen molar-refractivity contribution in [3.05, 3.63) is 28.2 Å². The van der Waals surface area contributed by atoms with E-state index in [0.29, 0.717) is 28.1 Å². The third-order valence-corrected chi connectivity index (χ3v) is 5.61. The lowest BCUT2D eigenvalue weighted by molar-refractivity contribution is -0.122. The maximum Gasteiger partial charge on any atom is 0.231 e. The van der Waals surface area contributed by atoms with Gasteiger partial charge in [0.1, 0.15) is 10.8 Å². The van der Waals surface area contributed by atoms with Gasteiger partial charge in [-0.15, -0.1) is 10.2 Å². The number of carbonyl (C=O) groups is 2. The zero-order valence-electron chi connectivity index (χ0n) is 15.9. The summed E-state index contributed by atoms with van der Waals surface area (Å²) in [6, 6.07) is 5.12. The first kappa shape index (κ1) is 20.5. The number of aromatic nitrogens is 2. The van der Waals surface area contributed by atoms with Gasteiger partial charge in [-0.2, -0.15) is 0 Å². The number of hydrogen-bond acceptors (Lipinski definition) is 7. The molecule has 1 saturated heterocycles. The van der Waals surface area contributed by atoms with Gasteiger partial charge in [-0.3, -0.25) is 9.59 Å². The zero-order valence-corrected chi connectivity index (χ0v) is 17.5. The highest BCUT2D eigenvalue weighted by molar-refractivity contribution is 7.15. The summed E-state index contributed by atoms with van der Waals surface area (Å²) < 4.78 is 5.13. The lowest BCUT2D eigenvalue weighted by atomic mass is 10.1. The van der Waals surface area contributed by atoms with E-state index in [0.717, 1.165) is 18.0 Å². The van der Waals surface area contributed by atoms with Crippen LogP contribution in [0.15, 0.2) is 18.2 Å². The normalized spacial score (nSPS) is 16.7. The molecule has 1 unspecified atom stereocenters. The number of carbonyl (C=O) groups excluding carboxylic acids is 2. The second-order valence-electron chi connectivity index (χ2n) is 6.77. The number of nitrogens with one attached hydrogen (secondary N) is 1. The Labute approximate surface area is 172 Å². The molecule has 28 heavy (non-hydrogen) atoms. The minimum Gasteiger partial charge on any atom is -0.495 e. The number of rotatable bonds is 7. The summed E-state index contributed by atoms with van der Waals surface area (Å²) in [5.41, 5.74) is 0.646. The average Bonchev–Trinajstić information content (AvgIpc) is 3.26. The highest BCUT2D eigenvalue weighted by Crippen LogP contribution is 2.32. The van der Waals surface area contributed by atoms with Gasteiger partial charge in [-0.05, 0) is 32.3 Å². The van der Waals surface area contributed by atoms with Crippen LogP contribution in [0.5, 0.6) is 5.75 Å².